The maximum absolute atomic E-state index is 13.0. The lowest BCUT2D eigenvalue weighted by Gasteiger charge is -2.14. The first-order valence-electron chi connectivity index (χ1n) is 8.27. The Labute approximate surface area is 159 Å². The van der Waals surface area contributed by atoms with E-state index in [-0.39, 0.29) is 24.2 Å². The third kappa shape index (κ3) is 4.79. The number of hydrogen-bond acceptors (Lipinski definition) is 3. The summed E-state index contributed by atoms with van der Waals surface area (Å²) >= 11 is 3.43. The van der Waals surface area contributed by atoms with E-state index in [1.807, 2.05) is 31.2 Å². The molecule has 1 aromatic heterocycles. The van der Waals surface area contributed by atoms with Crippen LogP contribution in [0.3, 0.4) is 0 Å². The number of amides is 1. The molecule has 0 unspecified atom stereocenters. The zero-order valence-corrected chi connectivity index (χ0v) is 15.8. The second-order valence-corrected chi connectivity index (χ2v) is 6.89. The van der Waals surface area contributed by atoms with Crippen LogP contribution < -0.4 is 5.32 Å². The molecule has 3 aromatic rings. The second-order valence-electron chi connectivity index (χ2n) is 5.97. The van der Waals surface area contributed by atoms with E-state index in [2.05, 4.69) is 26.2 Å². The van der Waals surface area contributed by atoms with Gasteiger partial charge in [0.25, 0.3) is 0 Å². The highest BCUT2D eigenvalue weighted by Gasteiger charge is 2.12. The molecule has 134 valence electrons. The van der Waals surface area contributed by atoms with Crippen LogP contribution in [0.1, 0.15) is 30.8 Å². The van der Waals surface area contributed by atoms with Crippen LogP contribution in [0.4, 0.5) is 4.39 Å². The minimum absolute atomic E-state index is 0.107. The van der Waals surface area contributed by atoms with E-state index in [1.54, 1.807) is 18.3 Å². The van der Waals surface area contributed by atoms with Crippen LogP contribution in [0, 0.1) is 5.82 Å². The average Bonchev–Trinajstić information content (AvgIpc) is 3.09. The Morgan fingerprint density at radius 1 is 1.27 bits per heavy atom. The van der Waals surface area contributed by atoms with Crippen molar-refractivity contribution in [3.63, 3.8) is 0 Å². The van der Waals surface area contributed by atoms with Gasteiger partial charge in [-0.15, -0.1) is 0 Å². The molecule has 0 saturated carbocycles. The Balaban J connectivity index is 1.54. The molecular formula is C20H18BrFN2O2. The number of halogens is 2. The molecule has 26 heavy (non-hydrogen) atoms. The number of aryl methyl sites for hydroxylation is 1. The first-order chi connectivity index (χ1) is 12.5. The van der Waals surface area contributed by atoms with Gasteiger partial charge in [-0.3, -0.25) is 4.79 Å². The molecule has 0 aliphatic heterocycles. The molecule has 0 aliphatic carbocycles. The summed E-state index contributed by atoms with van der Waals surface area (Å²) in [5.41, 5.74) is 1.78. The maximum atomic E-state index is 13.0. The predicted molar refractivity (Wildman–Crippen MR) is 101 cm³/mol. The molecule has 3 rings (SSSR count). The fourth-order valence-corrected chi connectivity index (χ4v) is 2.97. The number of benzene rings is 2. The molecule has 0 bridgehead atoms. The van der Waals surface area contributed by atoms with Crippen LogP contribution in [0.15, 0.2) is 63.6 Å². The summed E-state index contributed by atoms with van der Waals surface area (Å²) in [6.07, 6.45) is 2.34. The lowest BCUT2D eigenvalue weighted by atomic mass is 10.1. The van der Waals surface area contributed by atoms with Crippen molar-refractivity contribution in [3.8, 4) is 11.3 Å². The van der Waals surface area contributed by atoms with Crippen LogP contribution >= 0.6 is 15.9 Å². The number of carbonyl (C=O) groups is 1. The second kappa shape index (κ2) is 8.27. The van der Waals surface area contributed by atoms with E-state index < -0.39 is 0 Å². The smallest absolute Gasteiger partial charge is 0.220 e. The topological polar surface area (TPSA) is 55.1 Å². The zero-order valence-electron chi connectivity index (χ0n) is 14.2. The number of nitrogens with zero attached hydrogens (tertiary/aromatic N) is 1. The fourth-order valence-electron chi connectivity index (χ4n) is 2.57. The Kier molecular flexibility index (Phi) is 5.83. The van der Waals surface area contributed by atoms with Gasteiger partial charge in [0.1, 0.15) is 5.82 Å². The van der Waals surface area contributed by atoms with E-state index in [0.717, 1.165) is 15.6 Å². The number of hydrogen-bond donors (Lipinski definition) is 1. The lowest BCUT2D eigenvalue weighted by Crippen LogP contribution is -2.26. The van der Waals surface area contributed by atoms with Crippen LogP contribution in [0.5, 0.6) is 0 Å². The summed E-state index contributed by atoms with van der Waals surface area (Å²) in [5.74, 6) is 0.785. The highest BCUT2D eigenvalue weighted by molar-refractivity contribution is 9.10. The Bertz CT molecular complexity index is 893. The lowest BCUT2D eigenvalue weighted by molar-refractivity contribution is -0.121. The number of nitrogens with one attached hydrogen (secondary N) is 1. The van der Waals surface area contributed by atoms with Crippen molar-refractivity contribution < 1.29 is 13.6 Å². The SMILES string of the molecule is C[C@@H](NC(=O)CCc1ncc(-c2cccc(Br)c2)o1)c1ccc(F)cc1. The van der Waals surface area contributed by atoms with Gasteiger partial charge < -0.3 is 9.73 Å². The van der Waals surface area contributed by atoms with Crippen molar-refractivity contribution in [3.05, 3.63) is 76.5 Å². The van der Waals surface area contributed by atoms with E-state index >= 15 is 0 Å². The van der Waals surface area contributed by atoms with Gasteiger partial charge in [-0.25, -0.2) is 9.37 Å². The highest BCUT2D eigenvalue weighted by Crippen LogP contribution is 2.24. The zero-order chi connectivity index (χ0) is 18.5. The number of rotatable bonds is 6. The molecular weight excluding hydrogens is 399 g/mol. The standard InChI is InChI=1S/C20H18BrFN2O2/c1-13(14-5-7-17(22)8-6-14)24-19(25)9-10-20-23-12-18(26-20)15-3-2-4-16(21)11-15/h2-8,11-13H,9-10H2,1H3,(H,24,25)/t13-/m1/s1. The normalized spacial score (nSPS) is 12.0. The molecule has 0 saturated heterocycles. The highest BCUT2D eigenvalue weighted by atomic mass is 79.9. The summed E-state index contributed by atoms with van der Waals surface area (Å²) < 4.78 is 19.6. The molecule has 4 nitrogen and oxygen atoms in total. The molecule has 0 radical (unpaired) electrons. The molecule has 0 spiro atoms. The number of carbonyl (C=O) groups excluding carboxylic acids is 1. The first-order valence-corrected chi connectivity index (χ1v) is 9.06. The largest absolute Gasteiger partial charge is 0.441 e. The van der Waals surface area contributed by atoms with Gasteiger partial charge in [0.05, 0.1) is 12.2 Å². The average molecular weight is 417 g/mol. The molecule has 1 heterocycles. The summed E-state index contributed by atoms with van der Waals surface area (Å²) in [6, 6.07) is 13.6. The Hall–Kier alpha value is -2.47. The van der Waals surface area contributed by atoms with E-state index in [4.69, 9.17) is 4.42 Å². The van der Waals surface area contributed by atoms with Gasteiger partial charge in [0.2, 0.25) is 5.91 Å². The summed E-state index contributed by atoms with van der Waals surface area (Å²) in [6.45, 7) is 1.86. The molecule has 0 aliphatic rings. The van der Waals surface area contributed by atoms with Crippen LogP contribution in [0.25, 0.3) is 11.3 Å². The Morgan fingerprint density at radius 2 is 2.04 bits per heavy atom. The molecule has 0 fully saturated rings. The van der Waals surface area contributed by atoms with Gasteiger partial charge in [-0.05, 0) is 36.8 Å². The van der Waals surface area contributed by atoms with Gasteiger partial charge in [0.15, 0.2) is 11.7 Å². The molecule has 1 N–H and O–H groups in total. The predicted octanol–water partition coefficient (Wildman–Crippen LogP) is 5.05. The van der Waals surface area contributed by atoms with Crippen molar-refractivity contribution in [2.24, 2.45) is 0 Å². The third-order valence-corrected chi connectivity index (χ3v) is 4.47. The maximum Gasteiger partial charge on any atom is 0.220 e. The van der Waals surface area contributed by atoms with Crippen molar-refractivity contribution in [2.75, 3.05) is 0 Å². The fraction of sp³-hybridized carbons (Fsp3) is 0.200. The van der Waals surface area contributed by atoms with Crippen LogP contribution in [-0.4, -0.2) is 10.9 Å². The number of aromatic nitrogens is 1. The van der Waals surface area contributed by atoms with E-state index in [9.17, 15) is 9.18 Å². The van der Waals surface area contributed by atoms with Gasteiger partial charge in [-0.1, -0.05) is 40.2 Å². The summed E-state index contributed by atoms with van der Waals surface area (Å²) in [5, 5.41) is 2.89. The molecule has 1 amide bonds. The quantitative estimate of drug-likeness (QED) is 0.611. The molecule has 2 aromatic carbocycles. The third-order valence-electron chi connectivity index (χ3n) is 3.98. The number of oxazole rings is 1. The van der Waals surface area contributed by atoms with Gasteiger partial charge >= 0.3 is 0 Å². The van der Waals surface area contributed by atoms with Gasteiger partial charge in [0, 0.05) is 22.9 Å². The Morgan fingerprint density at radius 3 is 2.77 bits per heavy atom. The monoisotopic (exact) mass is 416 g/mol. The molecule has 6 heteroatoms. The van der Waals surface area contributed by atoms with Crippen molar-refractivity contribution in [2.45, 2.75) is 25.8 Å². The van der Waals surface area contributed by atoms with Crippen LogP contribution in [0.2, 0.25) is 0 Å². The van der Waals surface area contributed by atoms with Gasteiger partial charge in [-0.2, -0.15) is 0 Å². The first kappa shape index (κ1) is 18.3. The van der Waals surface area contributed by atoms with Crippen LogP contribution in [-0.2, 0) is 11.2 Å². The van der Waals surface area contributed by atoms with E-state index in [0.29, 0.717) is 18.1 Å². The van der Waals surface area contributed by atoms with E-state index in [1.165, 1.54) is 12.1 Å². The van der Waals surface area contributed by atoms with Crippen molar-refractivity contribution in [1.82, 2.24) is 10.3 Å². The molecule has 1 atom stereocenters. The summed E-state index contributed by atoms with van der Waals surface area (Å²) in [7, 11) is 0. The summed E-state index contributed by atoms with van der Waals surface area (Å²) in [4.78, 5) is 16.4. The van der Waals surface area contributed by atoms with Crippen molar-refractivity contribution in [1.29, 1.82) is 0 Å². The van der Waals surface area contributed by atoms with Crippen molar-refractivity contribution >= 4 is 21.8 Å². The minimum Gasteiger partial charge on any atom is -0.441 e. The minimum atomic E-state index is -0.294.